The summed E-state index contributed by atoms with van der Waals surface area (Å²) in [6.45, 7) is 4.07. The van der Waals surface area contributed by atoms with E-state index in [1.54, 1.807) is 19.1 Å². The van der Waals surface area contributed by atoms with Crippen molar-refractivity contribution in [3.63, 3.8) is 0 Å². The minimum absolute atomic E-state index is 0. The summed E-state index contributed by atoms with van der Waals surface area (Å²) in [5, 5.41) is 5.81. The van der Waals surface area contributed by atoms with Crippen molar-refractivity contribution in [2.45, 2.75) is 18.2 Å². The van der Waals surface area contributed by atoms with Crippen molar-refractivity contribution in [1.82, 2.24) is 9.62 Å². The van der Waals surface area contributed by atoms with E-state index in [1.807, 2.05) is 0 Å². The Labute approximate surface area is 131 Å². The fourth-order valence-electron chi connectivity index (χ4n) is 1.99. The highest BCUT2D eigenvalue weighted by molar-refractivity contribution is 7.89. The lowest BCUT2D eigenvalue weighted by atomic mass is 10.3. The highest BCUT2D eigenvalue weighted by atomic mass is 35.5. The molecule has 1 aromatic carbocycles. The molecule has 0 bridgehead atoms. The summed E-state index contributed by atoms with van der Waals surface area (Å²) in [6, 6.07) is 6.29. The summed E-state index contributed by atoms with van der Waals surface area (Å²) >= 11 is 0. The van der Waals surface area contributed by atoms with Crippen LogP contribution in [0.1, 0.15) is 13.3 Å². The van der Waals surface area contributed by atoms with Gasteiger partial charge in [0.1, 0.15) is 0 Å². The number of piperazine rings is 1. The third-order valence-electron chi connectivity index (χ3n) is 3.17. The quantitative estimate of drug-likeness (QED) is 0.863. The molecule has 0 aliphatic carbocycles. The van der Waals surface area contributed by atoms with E-state index in [0.29, 0.717) is 38.3 Å². The lowest BCUT2D eigenvalue weighted by Crippen LogP contribution is -2.46. The van der Waals surface area contributed by atoms with Gasteiger partial charge in [-0.3, -0.25) is 4.79 Å². The van der Waals surface area contributed by atoms with Gasteiger partial charge >= 0.3 is 0 Å². The molecule has 1 heterocycles. The molecule has 0 spiro atoms. The molecular formula is C13H20ClN3O3S. The van der Waals surface area contributed by atoms with Gasteiger partial charge in [0.25, 0.3) is 0 Å². The van der Waals surface area contributed by atoms with Crippen molar-refractivity contribution in [1.29, 1.82) is 0 Å². The van der Waals surface area contributed by atoms with Crippen LogP contribution in [-0.2, 0) is 14.8 Å². The molecule has 2 rings (SSSR count). The molecule has 1 aliphatic rings. The van der Waals surface area contributed by atoms with Crippen LogP contribution in [0.2, 0.25) is 0 Å². The fraction of sp³-hybridized carbons (Fsp3) is 0.462. The second kappa shape index (κ2) is 7.74. The number of rotatable bonds is 4. The average Bonchev–Trinajstić information content (AvgIpc) is 2.48. The van der Waals surface area contributed by atoms with Crippen LogP contribution in [0, 0.1) is 0 Å². The zero-order valence-corrected chi connectivity index (χ0v) is 13.5. The first-order chi connectivity index (χ1) is 9.54. The van der Waals surface area contributed by atoms with E-state index in [1.165, 1.54) is 16.4 Å². The van der Waals surface area contributed by atoms with Gasteiger partial charge in [-0.15, -0.1) is 12.4 Å². The SMILES string of the molecule is CCC(=O)Nc1ccc(S(=O)(=O)N2CCNCC2)cc1.Cl. The molecule has 0 saturated carbocycles. The molecule has 2 N–H and O–H groups in total. The Balaban J connectivity index is 0.00000220. The number of carbonyl (C=O) groups excluding carboxylic acids is 1. The van der Waals surface area contributed by atoms with Gasteiger partial charge in [0.05, 0.1) is 4.90 Å². The van der Waals surface area contributed by atoms with Crippen LogP contribution >= 0.6 is 12.4 Å². The second-order valence-corrected chi connectivity index (χ2v) is 6.52. The number of halogens is 1. The van der Waals surface area contributed by atoms with E-state index >= 15 is 0 Å². The molecule has 1 amide bonds. The number of anilines is 1. The summed E-state index contributed by atoms with van der Waals surface area (Å²) in [4.78, 5) is 11.5. The number of carbonyl (C=O) groups is 1. The highest BCUT2D eigenvalue weighted by Gasteiger charge is 2.25. The van der Waals surface area contributed by atoms with Crippen LogP contribution in [0.15, 0.2) is 29.2 Å². The molecular weight excluding hydrogens is 314 g/mol. The highest BCUT2D eigenvalue weighted by Crippen LogP contribution is 2.18. The van der Waals surface area contributed by atoms with Gasteiger partial charge in [-0.25, -0.2) is 8.42 Å². The van der Waals surface area contributed by atoms with E-state index in [4.69, 9.17) is 0 Å². The molecule has 8 heteroatoms. The van der Waals surface area contributed by atoms with Gasteiger partial charge in [0, 0.05) is 38.3 Å². The zero-order valence-electron chi connectivity index (χ0n) is 11.8. The Morgan fingerprint density at radius 1 is 1.24 bits per heavy atom. The molecule has 0 aromatic heterocycles. The average molecular weight is 334 g/mol. The molecule has 1 aliphatic heterocycles. The first-order valence-electron chi connectivity index (χ1n) is 6.65. The Morgan fingerprint density at radius 2 is 1.81 bits per heavy atom. The van der Waals surface area contributed by atoms with Crippen LogP contribution in [0.4, 0.5) is 5.69 Å². The fourth-order valence-corrected chi connectivity index (χ4v) is 3.43. The molecule has 0 atom stereocenters. The van der Waals surface area contributed by atoms with Crippen LogP contribution < -0.4 is 10.6 Å². The molecule has 6 nitrogen and oxygen atoms in total. The van der Waals surface area contributed by atoms with E-state index in [0.717, 1.165) is 0 Å². The molecule has 0 unspecified atom stereocenters. The Bertz CT molecular complexity index is 569. The second-order valence-electron chi connectivity index (χ2n) is 4.58. The number of nitrogens with zero attached hydrogens (tertiary/aromatic N) is 1. The van der Waals surface area contributed by atoms with Gasteiger partial charge in [-0.2, -0.15) is 4.31 Å². The zero-order chi connectivity index (χ0) is 14.6. The third kappa shape index (κ3) is 4.41. The van der Waals surface area contributed by atoms with Crippen LogP contribution in [-0.4, -0.2) is 44.8 Å². The predicted molar refractivity (Wildman–Crippen MR) is 84.2 cm³/mol. The number of amides is 1. The van der Waals surface area contributed by atoms with Gasteiger partial charge in [0.15, 0.2) is 0 Å². The molecule has 21 heavy (non-hydrogen) atoms. The normalized spacial score (nSPS) is 16.0. The topological polar surface area (TPSA) is 78.5 Å². The van der Waals surface area contributed by atoms with Crippen LogP contribution in [0.3, 0.4) is 0 Å². The van der Waals surface area contributed by atoms with Crippen molar-refractivity contribution in [2.24, 2.45) is 0 Å². The number of hydrogen-bond donors (Lipinski definition) is 2. The molecule has 0 radical (unpaired) electrons. The first kappa shape index (κ1) is 17.9. The molecule has 1 saturated heterocycles. The minimum atomic E-state index is -3.43. The summed E-state index contributed by atoms with van der Waals surface area (Å²) in [5.41, 5.74) is 0.608. The molecule has 1 fully saturated rings. The van der Waals surface area contributed by atoms with E-state index < -0.39 is 10.0 Å². The number of hydrogen-bond acceptors (Lipinski definition) is 4. The number of sulfonamides is 1. The largest absolute Gasteiger partial charge is 0.326 e. The summed E-state index contributed by atoms with van der Waals surface area (Å²) in [7, 11) is -3.43. The summed E-state index contributed by atoms with van der Waals surface area (Å²) in [6.07, 6.45) is 0.390. The molecule has 118 valence electrons. The summed E-state index contributed by atoms with van der Waals surface area (Å²) in [5.74, 6) is -0.0947. The molecule has 1 aromatic rings. The maximum absolute atomic E-state index is 12.4. The van der Waals surface area contributed by atoms with E-state index in [-0.39, 0.29) is 23.2 Å². The monoisotopic (exact) mass is 333 g/mol. The van der Waals surface area contributed by atoms with Crippen molar-refractivity contribution in [3.05, 3.63) is 24.3 Å². The van der Waals surface area contributed by atoms with E-state index in [9.17, 15) is 13.2 Å². The van der Waals surface area contributed by atoms with Crippen molar-refractivity contribution >= 4 is 34.0 Å². The van der Waals surface area contributed by atoms with Crippen molar-refractivity contribution in [3.8, 4) is 0 Å². The summed E-state index contributed by atoms with van der Waals surface area (Å²) < 4.78 is 26.3. The maximum atomic E-state index is 12.4. The Hall–Kier alpha value is -1.15. The number of benzene rings is 1. The minimum Gasteiger partial charge on any atom is -0.326 e. The van der Waals surface area contributed by atoms with Gasteiger partial charge in [0.2, 0.25) is 15.9 Å². The third-order valence-corrected chi connectivity index (χ3v) is 5.09. The van der Waals surface area contributed by atoms with Crippen molar-refractivity contribution < 1.29 is 13.2 Å². The maximum Gasteiger partial charge on any atom is 0.243 e. The van der Waals surface area contributed by atoms with Crippen LogP contribution in [0.5, 0.6) is 0 Å². The van der Waals surface area contributed by atoms with Crippen molar-refractivity contribution in [2.75, 3.05) is 31.5 Å². The Morgan fingerprint density at radius 3 is 2.33 bits per heavy atom. The Kier molecular flexibility index (Phi) is 6.60. The van der Waals surface area contributed by atoms with Gasteiger partial charge in [-0.05, 0) is 24.3 Å². The van der Waals surface area contributed by atoms with Gasteiger partial charge < -0.3 is 10.6 Å². The lowest BCUT2D eigenvalue weighted by Gasteiger charge is -2.26. The predicted octanol–water partition coefficient (Wildman–Crippen LogP) is 1.05. The number of nitrogens with one attached hydrogen (secondary N) is 2. The lowest BCUT2D eigenvalue weighted by molar-refractivity contribution is -0.115. The van der Waals surface area contributed by atoms with E-state index in [2.05, 4.69) is 10.6 Å². The first-order valence-corrected chi connectivity index (χ1v) is 8.09. The van der Waals surface area contributed by atoms with Gasteiger partial charge in [-0.1, -0.05) is 6.92 Å². The van der Waals surface area contributed by atoms with Crippen LogP contribution in [0.25, 0.3) is 0 Å². The standard InChI is InChI=1S/C13H19N3O3S.ClH/c1-2-13(17)15-11-3-5-12(6-4-11)20(18,19)16-9-7-14-8-10-16;/h3-6,14H,2,7-10H2,1H3,(H,15,17);1H. The smallest absolute Gasteiger partial charge is 0.243 e.